The third-order valence-electron chi connectivity index (χ3n) is 2.87. The van der Waals surface area contributed by atoms with Gasteiger partial charge in [0, 0.05) is 23.4 Å². The fourth-order valence-electron chi connectivity index (χ4n) is 1.91. The lowest BCUT2D eigenvalue weighted by Gasteiger charge is -2.11. The maximum atomic E-state index is 12.1. The van der Waals surface area contributed by atoms with Crippen molar-refractivity contribution in [2.24, 2.45) is 5.73 Å². The molecule has 0 aliphatic carbocycles. The van der Waals surface area contributed by atoms with Crippen molar-refractivity contribution in [2.75, 3.05) is 11.9 Å². The van der Waals surface area contributed by atoms with E-state index in [0.29, 0.717) is 24.4 Å². The van der Waals surface area contributed by atoms with Gasteiger partial charge in [-0.2, -0.15) is 0 Å². The monoisotopic (exact) mass is 270 g/mol. The summed E-state index contributed by atoms with van der Waals surface area (Å²) in [7, 11) is 0. The average molecular weight is 270 g/mol. The number of ether oxygens (including phenoxy) is 1. The van der Waals surface area contributed by atoms with E-state index in [4.69, 9.17) is 10.5 Å². The molecule has 4 nitrogen and oxygen atoms in total. The van der Waals surface area contributed by atoms with Crippen LogP contribution in [0.3, 0.4) is 0 Å². The first-order valence-corrected chi connectivity index (χ1v) is 6.56. The van der Waals surface area contributed by atoms with E-state index in [9.17, 15) is 4.79 Å². The van der Waals surface area contributed by atoms with Gasteiger partial charge in [0.1, 0.15) is 5.75 Å². The molecule has 0 spiro atoms. The number of carbonyl (C=O) groups excluding carboxylic acids is 1. The zero-order valence-electron chi connectivity index (χ0n) is 11.4. The number of nitrogens with one attached hydrogen (secondary N) is 1. The van der Waals surface area contributed by atoms with E-state index >= 15 is 0 Å². The lowest BCUT2D eigenvalue weighted by atomic mass is 10.1. The quantitative estimate of drug-likeness (QED) is 0.878. The highest BCUT2D eigenvalue weighted by atomic mass is 16.5. The minimum absolute atomic E-state index is 0.141. The maximum absolute atomic E-state index is 12.1. The molecule has 0 radical (unpaired) electrons. The minimum atomic E-state index is -0.141. The van der Waals surface area contributed by atoms with E-state index in [1.807, 2.05) is 43.3 Å². The molecule has 0 saturated heterocycles. The Bertz CT molecular complexity index is 582. The van der Waals surface area contributed by atoms with Gasteiger partial charge in [-0.15, -0.1) is 0 Å². The van der Waals surface area contributed by atoms with Crippen molar-refractivity contribution in [3.05, 3.63) is 59.7 Å². The highest BCUT2D eigenvalue weighted by molar-refractivity contribution is 6.04. The summed E-state index contributed by atoms with van der Waals surface area (Å²) in [4.78, 5) is 12.1. The number of benzene rings is 2. The van der Waals surface area contributed by atoms with Gasteiger partial charge >= 0.3 is 0 Å². The molecule has 0 atom stereocenters. The molecule has 2 rings (SSSR count). The van der Waals surface area contributed by atoms with Crippen LogP contribution in [0.5, 0.6) is 5.75 Å². The first-order chi connectivity index (χ1) is 9.74. The van der Waals surface area contributed by atoms with Crippen molar-refractivity contribution in [3.63, 3.8) is 0 Å². The fraction of sp³-hybridized carbons (Fsp3) is 0.188. The van der Waals surface area contributed by atoms with E-state index in [-0.39, 0.29) is 5.91 Å². The lowest BCUT2D eigenvalue weighted by Crippen LogP contribution is -2.12. The van der Waals surface area contributed by atoms with Crippen molar-refractivity contribution >= 4 is 11.6 Å². The summed E-state index contributed by atoms with van der Waals surface area (Å²) in [6.07, 6.45) is 0. The Morgan fingerprint density at radius 3 is 2.60 bits per heavy atom. The first kappa shape index (κ1) is 14.1. The predicted octanol–water partition coefficient (Wildman–Crippen LogP) is 2.80. The van der Waals surface area contributed by atoms with Crippen LogP contribution < -0.4 is 15.8 Å². The topological polar surface area (TPSA) is 64.3 Å². The Balaban J connectivity index is 2.16. The molecule has 104 valence electrons. The van der Waals surface area contributed by atoms with Crippen molar-refractivity contribution < 1.29 is 9.53 Å². The summed E-state index contributed by atoms with van der Waals surface area (Å²) in [6.45, 7) is 2.87. The molecule has 1 amide bonds. The molecule has 0 heterocycles. The van der Waals surface area contributed by atoms with E-state index in [0.717, 1.165) is 11.3 Å². The van der Waals surface area contributed by atoms with Gasteiger partial charge in [-0.1, -0.05) is 18.2 Å². The van der Waals surface area contributed by atoms with Gasteiger partial charge in [-0.05, 0) is 37.3 Å². The van der Waals surface area contributed by atoms with Gasteiger partial charge in [0.25, 0.3) is 5.91 Å². The molecule has 20 heavy (non-hydrogen) atoms. The Kier molecular flexibility index (Phi) is 4.74. The normalized spacial score (nSPS) is 10.1. The van der Waals surface area contributed by atoms with Crippen molar-refractivity contribution in [1.29, 1.82) is 0 Å². The molecule has 0 fully saturated rings. The van der Waals surface area contributed by atoms with Crippen LogP contribution in [-0.2, 0) is 6.54 Å². The third kappa shape index (κ3) is 3.36. The van der Waals surface area contributed by atoms with Crippen LogP contribution in [0.15, 0.2) is 48.5 Å². The molecule has 0 saturated carbocycles. The predicted molar refractivity (Wildman–Crippen MR) is 79.9 cm³/mol. The third-order valence-corrected chi connectivity index (χ3v) is 2.87. The summed E-state index contributed by atoms with van der Waals surface area (Å²) >= 11 is 0. The highest BCUT2D eigenvalue weighted by Gasteiger charge is 2.08. The number of carbonyl (C=O) groups is 1. The van der Waals surface area contributed by atoms with E-state index in [1.165, 1.54) is 0 Å². The Labute approximate surface area is 118 Å². The minimum Gasteiger partial charge on any atom is -0.494 e. The molecule has 0 aromatic heterocycles. The Morgan fingerprint density at radius 2 is 1.95 bits per heavy atom. The van der Waals surface area contributed by atoms with Crippen molar-refractivity contribution in [3.8, 4) is 5.75 Å². The highest BCUT2D eigenvalue weighted by Crippen LogP contribution is 2.23. The lowest BCUT2D eigenvalue weighted by molar-refractivity contribution is 0.102. The molecule has 0 aliphatic rings. The van der Waals surface area contributed by atoms with Crippen LogP contribution in [0.1, 0.15) is 22.8 Å². The molecule has 4 heteroatoms. The second-order valence-electron chi connectivity index (χ2n) is 4.28. The maximum Gasteiger partial charge on any atom is 0.255 e. The molecule has 2 aromatic rings. The van der Waals surface area contributed by atoms with Gasteiger partial charge in [0.15, 0.2) is 0 Å². The van der Waals surface area contributed by atoms with Crippen molar-refractivity contribution in [1.82, 2.24) is 0 Å². The number of hydrogen-bond donors (Lipinski definition) is 2. The second kappa shape index (κ2) is 6.73. The van der Waals surface area contributed by atoms with Crippen molar-refractivity contribution in [2.45, 2.75) is 13.5 Å². The fourth-order valence-corrected chi connectivity index (χ4v) is 1.91. The van der Waals surface area contributed by atoms with Crippen LogP contribution in [0.4, 0.5) is 5.69 Å². The number of nitrogens with two attached hydrogens (primary N) is 1. The number of anilines is 1. The number of rotatable bonds is 5. The molecule has 2 aromatic carbocycles. The zero-order chi connectivity index (χ0) is 14.4. The van der Waals surface area contributed by atoms with Crippen LogP contribution >= 0.6 is 0 Å². The zero-order valence-corrected chi connectivity index (χ0v) is 11.4. The summed E-state index contributed by atoms with van der Waals surface area (Å²) in [5.74, 6) is 0.616. The SMILES string of the molecule is CCOc1ccc(NC(=O)c2ccccc2)cc1CN. The van der Waals surface area contributed by atoms with E-state index in [1.54, 1.807) is 12.1 Å². The van der Waals surface area contributed by atoms with E-state index in [2.05, 4.69) is 5.32 Å². The summed E-state index contributed by atoms with van der Waals surface area (Å²) < 4.78 is 5.48. The van der Waals surface area contributed by atoms with Crippen LogP contribution in [0.25, 0.3) is 0 Å². The van der Waals surface area contributed by atoms with Gasteiger partial charge in [-0.25, -0.2) is 0 Å². The average Bonchev–Trinajstić information content (AvgIpc) is 2.50. The van der Waals surface area contributed by atoms with Crippen LogP contribution in [-0.4, -0.2) is 12.5 Å². The van der Waals surface area contributed by atoms with Crippen LogP contribution in [0, 0.1) is 0 Å². The van der Waals surface area contributed by atoms with Gasteiger partial charge < -0.3 is 15.8 Å². The second-order valence-corrected chi connectivity index (χ2v) is 4.28. The summed E-state index contributed by atoms with van der Waals surface area (Å²) in [5, 5.41) is 2.85. The molecule has 0 bridgehead atoms. The van der Waals surface area contributed by atoms with Crippen LogP contribution in [0.2, 0.25) is 0 Å². The van der Waals surface area contributed by atoms with Gasteiger partial charge in [0.2, 0.25) is 0 Å². The first-order valence-electron chi connectivity index (χ1n) is 6.56. The Morgan fingerprint density at radius 1 is 1.20 bits per heavy atom. The number of hydrogen-bond acceptors (Lipinski definition) is 3. The van der Waals surface area contributed by atoms with Gasteiger partial charge in [-0.3, -0.25) is 4.79 Å². The molecular weight excluding hydrogens is 252 g/mol. The Hall–Kier alpha value is -2.33. The molecule has 3 N–H and O–H groups in total. The molecule has 0 unspecified atom stereocenters. The molecule has 0 aliphatic heterocycles. The smallest absolute Gasteiger partial charge is 0.255 e. The molecular formula is C16H18N2O2. The standard InChI is InChI=1S/C16H18N2O2/c1-2-20-15-9-8-14(10-13(15)11-17)18-16(19)12-6-4-3-5-7-12/h3-10H,2,11,17H2,1H3,(H,18,19). The largest absolute Gasteiger partial charge is 0.494 e. The number of amides is 1. The van der Waals surface area contributed by atoms with Gasteiger partial charge in [0.05, 0.1) is 6.61 Å². The summed E-state index contributed by atoms with van der Waals surface area (Å²) in [5.41, 5.74) is 7.90. The van der Waals surface area contributed by atoms with E-state index < -0.39 is 0 Å². The summed E-state index contributed by atoms with van der Waals surface area (Å²) in [6, 6.07) is 14.6.